The number of nitrogens with zero attached hydrogens (tertiary/aromatic N) is 5. The molecule has 0 fully saturated rings. The third-order valence-electron chi connectivity index (χ3n) is 4.29. The molecule has 3 heterocycles. The van der Waals surface area contributed by atoms with Crippen molar-refractivity contribution in [2.24, 2.45) is 4.99 Å². The van der Waals surface area contributed by atoms with Crippen molar-refractivity contribution in [3.05, 3.63) is 27.7 Å². The molecule has 1 aliphatic heterocycles. The summed E-state index contributed by atoms with van der Waals surface area (Å²) in [7, 11) is 0. The molecule has 0 saturated heterocycles. The molecule has 0 saturated carbocycles. The molecule has 7 nitrogen and oxygen atoms in total. The highest BCUT2D eigenvalue weighted by Gasteiger charge is 2.20. The summed E-state index contributed by atoms with van der Waals surface area (Å²) >= 11 is 1.74. The Balaban J connectivity index is 0.00000243. The average Bonchev–Trinajstić information content (AvgIpc) is 3.18. The molecule has 9 heteroatoms. The van der Waals surface area contributed by atoms with E-state index in [1.54, 1.807) is 17.7 Å². The summed E-state index contributed by atoms with van der Waals surface area (Å²) < 4.78 is 1.98. The molecule has 3 rings (SSSR count). The molecule has 0 bridgehead atoms. The van der Waals surface area contributed by atoms with Crippen LogP contribution in [0, 0.1) is 6.92 Å². The number of aryl methyl sites for hydroxylation is 2. The molecule has 1 aliphatic rings. The van der Waals surface area contributed by atoms with Crippen LogP contribution in [0.2, 0.25) is 0 Å². The Morgan fingerprint density at radius 3 is 2.96 bits per heavy atom. The topological polar surface area (TPSA) is 80.0 Å². The van der Waals surface area contributed by atoms with E-state index in [2.05, 4.69) is 48.4 Å². The first-order chi connectivity index (χ1) is 12.1. The van der Waals surface area contributed by atoms with E-state index in [1.807, 2.05) is 4.68 Å². The molecule has 2 N–H and O–H groups in total. The number of fused-ring (bicyclic) bond motifs is 1. The SMILES string of the molecule is CCNC(=NCc1nc(C(C)C)c(C)s1)NC1CCc2ncnn2C1.I. The van der Waals surface area contributed by atoms with Crippen molar-refractivity contribution < 1.29 is 0 Å². The molecule has 0 spiro atoms. The minimum absolute atomic E-state index is 0. The number of aromatic nitrogens is 4. The van der Waals surface area contributed by atoms with Crippen LogP contribution in [0.15, 0.2) is 11.3 Å². The van der Waals surface area contributed by atoms with Gasteiger partial charge in [-0.25, -0.2) is 19.6 Å². The van der Waals surface area contributed by atoms with Crippen molar-refractivity contribution in [2.45, 2.75) is 65.6 Å². The fraction of sp³-hybridized carbons (Fsp3) is 0.647. The van der Waals surface area contributed by atoms with Crippen molar-refractivity contribution in [2.75, 3.05) is 6.54 Å². The predicted octanol–water partition coefficient (Wildman–Crippen LogP) is 2.85. The van der Waals surface area contributed by atoms with Gasteiger partial charge >= 0.3 is 0 Å². The summed E-state index contributed by atoms with van der Waals surface area (Å²) in [6.45, 7) is 10.9. The summed E-state index contributed by atoms with van der Waals surface area (Å²) in [4.78, 5) is 15.1. The second kappa shape index (κ2) is 9.63. The number of rotatable bonds is 5. The summed E-state index contributed by atoms with van der Waals surface area (Å²) in [5.74, 6) is 2.37. The van der Waals surface area contributed by atoms with Crippen molar-refractivity contribution in [3.63, 3.8) is 0 Å². The summed E-state index contributed by atoms with van der Waals surface area (Å²) in [6, 6.07) is 0.316. The smallest absolute Gasteiger partial charge is 0.191 e. The number of nitrogens with one attached hydrogen (secondary N) is 2. The third-order valence-corrected chi connectivity index (χ3v) is 5.26. The van der Waals surface area contributed by atoms with Crippen LogP contribution in [0.3, 0.4) is 0 Å². The second-order valence-electron chi connectivity index (χ2n) is 6.64. The average molecular weight is 489 g/mol. The van der Waals surface area contributed by atoms with Gasteiger partial charge in [0.2, 0.25) is 0 Å². The minimum atomic E-state index is 0. The van der Waals surface area contributed by atoms with Gasteiger partial charge in [-0.2, -0.15) is 5.10 Å². The van der Waals surface area contributed by atoms with Crippen LogP contribution in [0.5, 0.6) is 0 Å². The van der Waals surface area contributed by atoms with Crippen molar-refractivity contribution in [3.8, 4) is 0 Å². The molecule has 144 valence electrons. The monoisotopic (exact) mass is 489 g/mol. The van der Waals surface area contributed by atoms with E-state index in [9.17, 15) is 0 Å². The summed E-state index contributed by atoms with van der Waals surface area (Å²) in [6.07, 6.45) is 3.62. The van der Waals surface area contributed by atoms with Gasteiger partial charge in [0.25, 0.3) is 0 Å². The maximum atomic E-state index is 4.74. The lowest BCUT2D eigenvalue weighted by Gasteiger charge is -2.25. The second-order valence-corrected chi connectivity index (χ2v) is 7.92. The van der Waals surface area contributed by atoms with Crippen LogP contribution < -0.4 is 10.6 Å². The van der Waals surface area contributed by atoms with E-state index in [4.69, 9.17) is 9.98 Å². The predicted molar refractivity (Wildman–Crippen MR) is 116 cm³/mol. The molecule has 0 radical (unpaired) electrons. The van der Waals surface area contributed by atoms with Gasteiger partial charge in [0, 0.05) is 23.9 Å². The lowest BCUT2D eigenvalue weighted by molar-refractivity contribution is 0.392. The van der Waals surface area contributed by atoms with E-state index >= 15 is 0 Å². The molecular weight excluding hydrogens is 461 g/mol. The van der Waals surface area contributed by atoms with Crippen LogP contribution in [-0.4, -0.2) is 38.3 Å². The van der Waals surface area contributed by atoms with Gasteiger partial charge in [0.05, 0.1) is 18.8 Å². The maximum absolute atomic E-state index is 4.74. The quantitative estimate of drug-likeness (QED) is 0.384. The van der Waals surface area contributed by atoms with Crippen LogP contribution in [0.25, 0.3) is 0 Å². The highest BCUT2D eigenvalue weighted by Crippen LogP contribution is 2.24. The van der Waals surface area contributed by atoms with Crippen LogP contribution in [0.4, 0.5) is 0 Å². The molecular formula is C17H28IN7S. The van der Waals surface area contributed by atoms with E-state index < -0.39 is 0 Å². The number of hydrogen-bond donors (Lipinski definition) is 2. The molecule has 1 atom stereocenters. The lowest BCUT2D eigenvalue weighted by atomic mass is 10.1. The zero-order valence-electron chi connectivity index (χ0n) is 15.8. The van der Waals surface area contributed by atoms with Gasteiger partial charge in [-0.1, -0.05) is 13.8 Å². The fourth-order valence-electron chi connectivity index (χ4n) is 3.08. The first kappa shape index (κ1) is 21.1. The highest BCUT2D eigenvalue weighted by molar-refractivity contribution is 14.0. The zero-order chi connectivity index (χ0) is 17.8. The van der Waals surface area contributed by atoms with E-state index in [0.29, 0.717) is 18.5 Å². The first-order valence-electron chi connectivity index (χ1n) is 8.94. The van der Waals surface area contributed by atoms with Gasteiger partial charge < -0.3 is 10.6 Å². The normalized spacial score (nSPS) is 17.0. The van der Waals surface area contributed by atoms with Crippen molar-refractivity contribution >= 4 is 41.3 Å². The van der Waals surface area contributed by atoms with Crippen LogP contribution in [-0.2, 0) is 19.5 Å². The van der Waals surface area contributed by atoms with Gasteiger partial charge in [-0.05, 0) is 26.2 Å². The summed E-state index contributed by atoms with van der Waals surface area (Å²) in [5.41, 5.74) is 1.19. The molecule has 26 heavy (non-hydrogen) atoms. The van der Waals surface area contributed by atoms with Crippen LogP contribution in [0.1, 0.15) is 54.5 Å². The first-order valence-corrected chi connectivity index (χ1v) is 9.76. The Morgan fingerprint density at radius 2 is 2.27 bits per heavy atom. The van der Waals surface area contributed by atoms with E-state index in [0.717, 1.165) is 42.7 Å². The Morgan fingerprint density at radius 1 is 1.46 bits per heavy atom. The minimum Gasteiger partial charge on any atom is -0.357 e. The van der Waals surface area contributed by atoms with Gasteiger partial charge in [0.1, 0.15) is 17.2 Å². The molecule has 1 unspecified atom stereocenters. The Bertz CT molecular complexity index is 737. The summed E-state index contributed by atoms with van der Waals surface area (Å²) in [5, 5.41) is 12.2. The third kappa shape index (κ3) is 5.15. The Labute approximate surface area is 176 Å². The lowest BCUT2D eigenvalue weighted by Crippen LogP contribution is -2.47. The van der Waals surface area contributed by atoms with Gasteiger partial charge in [-0.15, -0.1) is 35.3 Å². The highest BCUT2D eigenvalue weighted by atomic mass is 127. The van der Waals surface area contributed by atoms with E-state index in [-0.39, 0.29) is 24.0 Å². The molecule has 0 aromatic carbocycles. The maximum Gasteiger partial charge on any atom is 0.191 e. The number of halogens is 1. The number of thiazole rings is 1. The van der Waals surface area contributed by atoms with E-state index in [1.165, 1.54) is 10.6 Å². The van der Waals surface area contributed by atoms with Crippen molar-refractivity contribution in [1.82, 2.24) is 30.4 Å². The number of hydrogen-bond acceptors (Lipinski definition) is 5. The number of aliphatic imine (C=N–C) groups is 1. The van der Waals surface area contributed by atoms with Gasteiger partial charge in [-0.3, -0.25) is 0 Å². The molecule has 0 aliphatic carbocycles. The Hall–Kier alpha value is -1.23. The molecule has 0 amide bonds. The standard InChI is InChI=1S/C17H27N7S.HI/c1-5-18-17(19-8-15-23-16(11(2)3)12(4)25-15)22-13-6-7-14-20-10-21-24(14)9-13;/h10-11,13H,5-9H2,1-4H3,(H2,18,19,22);1H. The fourth-order valence-corrected chi connectivity index (χ4v) is 4.10. The molecule has 2 aromatic heterocycles. The van der Waals surface area contributed by atoms with Crippen LogP contribution >= 0.6 is 35.3 Å². The molecule has 2 aromatic rings. The Kier molecular flexibility index (Phi) is 7.81. The number of guanidine groups is 1. The largest absolute Gasteiger partial charge is 0.357 e. The van der Waals surface area contributed by atoms with Crippen molar-refractivity contribution in [1.29, 1.82) is 0 Å². The zero-order valence-corrected chi connectivity index (χ0v) is 19.0. The van der Waals surface area contributed by atoms with Gasteiger partial charge in [0.15, 0.2) is 5.96 Å².